The number of ether oxygens (including phenoxy) is 1. The lowest BCUT2D eigenvalue weighted by Gasteiger charge is -2.19. The average molecular weight is 403 g/mol. The maximum atomic E-state index is 12.2. The molecule has 1 amide bonds. The largest absolute Gasteiger partial charge is 0.484 e. The van der Waals surface area contributed by atoms with Gasteiger partial charge in [0.1, 0.15) is 5.75 Å². The van der Waals surface area contributed by atoms with Gasteiger partial charge in [-0.2, -0.15) is 0 Å². The molecular weight excluding hydrogens is 372 g/mol. The quantitative estimate of drug-likeness (QED) is 0.461. The molecular formula is C26H30N2O2. The minimum absolute atomic E-state index is 0.0206. The van der Waals surface area contributed by atoms with Gasteiger partial charge in [-0.3, -0.25) is 4.79 Å². The topological polar surface area (TPSA) is 50.4 Å². The second-order valence-corrected chi connectivity index (χ2v) is 7.48. The van der Waals surface area contributed by atoms with E-state index in [-0.39, 0.29) is 12.5 Å². The number of hydrogen-bond donors (Lipinski definition) is 2. The van der Waals surface area contributed by atoms with Crippen molar-refractivity contribution in [2.24, 2.45) is 0 Å². The number of anilines is 1. The van der Waals surface area contributed by atoms with Gasteiger partial charge >= 0.3 is 0 Å². The Morgan fingerprint density at radius 3 is 2.47 bits per heavy atom. The molecule has 4 nitrogen and oxygen atoms in total. The van der Waals surface area contributed by atoms with Crippen molar-refractivity contribution in [2.45, 2.75) is 39.3 Å². The van der Waals surface area contributed by atoms with E-state index in [1.165, 1.54) is 5.56 Å². The molecule has 0 spiro atoms. The summed E-state index contributed by atoms with van der Waals surface area (Å²) in [5, 5.41) is 6.50. The first kappa shape index (κ1) is 21.6. The van der Waals surface area contributed by atoms with Crippen molar-refractivity contribution < 1.29 is 9.53 Å². The fraction of sp³-hybridized carbons (Fsp3) is 0.269. The molecule has 30 heavy (non-hydrogen) atoms. The van der Waals surface area contributed by atoms with Gasteiger partial charge in [-0.25, -0.2) is 0 Å². The number of carbonyl (C=O) groups is 1. The number of nitrogens with one attached hydrogen (secondary N) is 2. The second-order valence-electron chi connectivity index (χ2n) is 7.48. The van der Waals surface area contributed by atoms with E-state index in [2.05, 4.69) is 47.9 Å². The van der Waals surface area contributed by atoms with Gasteiger partial charge in [0.15, 0.2) is 6.61 Å². The van der Waals surface area contributed by atoms with Crippen LogP contribution in [0.1, 0.15) is 42.5 Å². The number of amides is 1. The smallest absolute Gasteiger partial charge is 0.262 e. The highest BCUT2D eigenvalue weighted by molar-refractivity contribution is 5.91. The lowest BCUT2D eigenvalue weighted by Crippen LogP contribution is -2.21. The third-order valence-corrected chi connectivity index (χ3v) is 4.94. The summed E-state index contributed by atoms with van der Waals surface area (Å²) in [5.41, 5.74) is 4.36. The third-order valence-electron chi connectivity index (χ3n) is 4.94. The van der Waals surface area contributed by atoms with E-state index in [1.807, 2.05) is 55.5 Å². The number of benzene rings is 3. The van der Waals surface area contributed by atoms with Gasteiger partial charge < -0.3 is 15.4 Å². The summed E-state index contributed by atoms with van der Waals surface area (Å²) in [6.07, 6.45) is 2.20. The van der Waals surface area contributed by atoms with E-state index in [1.54, 1.807) is 0 Å². The van der Waals surface area contributed by atoms with Crippen LogP contribution in [0.15, 0.2) is 78.9 Å². The summed E-state index contributed by atoms with van der Waals surface area (Å²) in [7, 11) is 0. The standard InChI is InChI=1S/C26H30N2O2/c1-3-8-25(22-10-5-4-6-11-22)27-18-21-9-7-12-24(17-21)30-19-26(29)28-23-15-13-20(2)14-16-23/h4-7,9-17,25,27H,3,8,18-19H2,1-2H3,(H,28,29). The molecule has 4 heteroatoms. The zero-order valence-corrected chi connectivity index (χ0v) is 17.7. The second kappa shape index (κ2) is 11.2. The Hall–Kier alpha value is -3.11. The van der Waals surface area contributed by atoms with Crippen LogP contribution in [0, 0.1) is 6.92 Å². The van der Waals surface area contributed by atoms with Crippen LogP contribution in [-0.4, -0.2) is 12.5 Å². The lowest BCUT2D eigenvalue weighted by atomic mass is 10.0. The highest BCUT2D eigenvalue weighted by Gasteiger charge is 2.10. The first-order valence-electron chi connectivity index (χ1n) is 10.5. The molecule has 0 aliphatic heterocycles. The van der Waals surface area contributed by atoms with E-state index in [4.69, 9.17) is 4.74 Å². The van der Waals surface area contributed by atoms with E-state index in [0.29, 0.717) is 11.8 Å². The maximum absolute atomic E-state index is 12.2. The summed E-state index contributed by atoms with van der Waals surface area (Å²) in [4.78, 5) is 12.2. The molecule has 0 aromatic heterocycles. The van der Waals surface area contributed by atoms with E-state index in [0.717, 1.165) is 36.2 Å². The molecule has 0 radical (unpaired) electrons. The molecule has 2 N–H and O–H groups in total. The third kappa shape index (κ3) is 6.75. The van der Waals surface area contributed by atoms with Crippen molar-refractivity contribution in [1.82, 2.24) is 5.32 Å². The van der Waals surface area contributed by atoms with Crippen molar-refractivity contribution >= 4 is 11.6 Å². The Morgan fingerprint density at radius 2 is 1.73 bits per heavy atom. The summed E-state index contributed by atoms with van der Waals surface area (Å²) >= 11 is 0. The van der Waals surface area contributed by atoms with Gasteiger partial charge in [0.2, 0.25) is 0 Å². The van der Waals surface area contributed by atoms with Crippen LogP contribution in [-0.2, 0) is 11.3 Å². The van der Waals surface area contributed by atoms with Gasteiger partial charge in [0.25, 0.3) is 5.91 Å². The number of hydrogen-bond acceptors (Lipinski definition) is 3. The summed E-state index contributed by atoms with van der Waals surface area (Å²) in [6.45, 7) is 4.94. The Bertz CT molecular complexity index is 923. The molecule has 3 aromatic rings. The zero-order valence-electron chi connectivity index (χ0n) is 17.7. The highest BCUT2D eigenvalue weighted by atomic mass is 16.5. The van der Waals surface area contributed by atoms with Gasteiger partial charge in [-0.15, -0.1) is 0 Å². The average Bonchev–Trinajstić information content (AvgIpc) is 2.78. The lowest BCUT2D eigenvalue weighted by molar-refractivity contribution is -0.118. The molecule has 0 heterocycles. The normalized spacial score (nSPS) is 11.7. The van der Waals surface area contributed by atoms with Crippen LogP contribution in [0.3, 0.4) is 0 Å². The maximum Gasteiger partial charge on any atom is 0.262 e. The zero-order chi connectivity index (χ0) is 21.2. The Kier molecular flexibility index (Phi) is 8.04. The summed E-state index contributed by atoms with van der Waals surface area (Å²) in [6, 6.07) is 26.5. The molecule has 0 aliphatic rings. The molecule has 0 fully saturated rings. The number of rotatable bonds is 10. The molecule has 0 saturated carbocycles. The van der Waals surface area contributed by atoms with Gasteiger partial charge in [-0.1, -0.05) is 73.5 Å². The first-order valence-corrected chi connectivity index (χ1v) is 10.5. The minimum atomic E-state index is -0.172. The van der Waals surface area contributed by atoms with Crippen LogP contribution >= 0.6 is 0 Å². The van der Waals surface area contributed by atoms with Gasteiger partial charge in [-0.05, 0) is 48.7 Å². The fourth-order valence-electron chi connectivity index (χ4n) is 3.33. The molecule has 0 aliphatic carbocycles. The van der Waals surface area contributed by atoms with Crippen LogP contribution in [0.2, 0.25) is 0 Å². The molecule has 3 aromatic carbocycles. The number of aryl methyl sites for hydroxylation is 1. The Labute approximate surface area is 179 Å². The van der Waals surface area contributed by atoms with Gasteiger partial charge in [0.05, 0.1) is 0 Å². The SMILES string of the molecule is CCCC(NCc1cccc(OCC(=O)Nc2ccc(C)cc2)c1)c1ccccc1. The first-order chi connectivity index (χ1) is 14.6. The molecule has 1 atom stereocenters. The monoisotopic (exact) mass is 402 g/mol. The Morgan fingerprint density at radius 1 is 0.967 bits per heavy atom. The van der Waals surface area contributed by atoms with Crippen LogP contribution < -0.4 is 15.4 Å². The van der Waals surface area contributed by atoms with Crippen molar-refractivity contribution in [1.29, 1.82) is 0 Å². The van der Waals surface area contributed by atoms with Crippen LogP contribution in [0.4, 0.5) is 5.69 Å². The summed E-state index contributed by atoms with van der Waals surface area (Å²) < 4.78 is 5.70. The van der Waals surface area contributed by atoms with Crippen molar-refractivity contribution in [3.63, 3.8) is 0 Å². The molecule has 156 valence electrons. The highest BCUT2D eigenvalue weighted by Crippen LogP contribution is 2.20. The predicted octanol–water partition coefficient (Wildman–Crippen LogP) is 5.64. The fourth-order valence-corrected chi connectivity index (χ4v) is 3.33. The predicted molar refractivity (Wildman–Crippen MR) is 123 cm³/mol. The van der Waals surface area contributed by atoms with Crippen LogP contribution in [0.25, 0.3) is 0 Å². The minimum Gasteiger partial charge on any atom is -0.484 e. The van der Waals surface area contributed by atoms with E-state index >= 15 is 0 Å². The Balaban J connectivity index is 1.52. The molecule has 3 rings (SSSR count). The summed E-state index contributed by atoms with van der Waals surface area (Å²) in [5.74, 6) is 0.523. The van der Waals surface area contributed by atoms with Crippen LogP contribution in [0.5, 0.6) is 5.75 Å². The van der Waals surface area contributed by atoms with E-state index in [9.17, 15) is 4.79 Å². The molecule has 0 saturated heterocycles. The van der Waals surface area contributed by atoms with Crippen molar-refractivity contribution in [3.05, 3.63) is 95.6 Å². The molecule has 1 unspecified atom stereocenters. The van der Waals surface area contributed by atoms with Crippen molar-refractivity contribution in [3.8, 4) is 5.75 Å². The molecule has 0 bridgehead atoms. The van der Waals surface area contributed by atoms with Gasteiger partial charge in [0, 0.05) is 18.3 Å². The number of carbonyl (C=O) groups excluding carboxylic acids is 1. The van der Waals surface area contributed by atoms with E-state index < -0.39 is 0 Å². The van der Waals surface area contributed by atoms with Crippen molar-refractivity contribution in [2.75, 3.05) is 11.9 Å².